The molecule has 0 unspecified atom stereocenters. The molecule has 8 heteroatoms. The van der Waals surface area contributed by atoms with E-state index in [2.05, 4.69) is 15.6 Å². The summed E-state index contributed by atoms with van der Waals surface area (Å²) in [7, 11) is 0. The van der Waals surface area contributed by atoms with Gasteiger partial charge in [0.25, 0.3) is 5.91 Å². The Morgan fingerprint density at radius 1 is 1.30 bits per heavy atom. The van der Waals surface area contributed by atoms with Gasteiger partial charge < -0.3 is 14.8 Å². The molecule has 1 aromatic heterocycles. The topological polar surface area (TPSA) is 78.3 Å². The molecule has 0 spiro atoms. The van der Waals surface area contributed by atoms with E-state index in [-0.39, 0.29) is 17.8 Å². The first kappa shape index (κ1) is 15.6. The maximum absolute atomic E-state index is 13.0. The summed E-state index contributed by atoms with van der Waals surface area (Å²) in [6.07, 6.45) is -1.00. The Morgan fingerprint density at radius 2 is 2.00 bits per heavy atom. The molecule has 1 aromatic carbocycles. The second-order valence-electron chi connectivity index (χ2n) is 5.27. The van der Waals surface area contributed by atoms with Crippen LogP contribution in [0.15, 0.2) is 24.3 Å². The van der Waals surface area contributed by atoms with Crippen LogP contribution in [0.5, 0.6) is 0 Å². The average molecular weight is 320 g/mol. The number of ether oxygens (including phenoxy) is 2. The van der Waals surface area contributed by atoms with Crippen molar-refractivity contribution in [1.82, 2.24) is 15.0 Å². The number of hydrogen-bond donors (Lipinski definition) is 1. The molecule has 7 nitrogen and oxygen atoms in total. The predicted octanol–water partition coefficient (Wildman–Crippen LogP) is 1.46. The number of hydrogen-bond acceptors (Lipinski definition) is 5. The van der Waals surface area contributed by atoms with Crippen molar-refractivity contribution in [2.75, 3.05) is 18.5 Å². The molecule has 1 amide bonds. The van der Waals surface area contributed by atoms with Gasteiger partial charge in [-0.3, -0.25) is 4.79 Å². The molecule has 1 N–H and O–H groups in total. The molecule has 1 aliphatic heterocycles. The summed E-state index contributed by atoms with van der Waals surface area (Å²) in [5.41, 5.74) is 1.29. The Balaban J connectivity index is 1.76. The van der Waals surface area contributed by atoms with Crippen LogP contribution in [0.1, 0.15) is 12.6 Å². The number of halogens is 1. The van der Waals surface area contributed by atoms with Gasteiger partial charge in [-0.1, -0.05) is 5.21 Å². The third-order valence-corrected chi connectivity index (χ3v) is 3.65. The van der Waals surface area contributed by atoms with Gasteiger partial charge in [0, 0.05) is 0 Å². The van der Waals surface area contributed by atoms with Gasteiger partial charge in [-0.2, -0.15) is 0 Å². The van der Waals surface area contributed by atoms with Crippen LogP contribution in [-0.4, -0.2) is 46.3 Å². The molecule has 0 radical (unpaired) electrons. The zero-order valence-electron chi connectivity index (χ0n) is 12.8. The second-order valence-corrected chi connectivity index (χ2v) is 5.27. The Hall–Kier alpha value is -2.32. The van der Waals surface area contributed by atoms with Crippen molar-refractivity contribution < 1.29 is 18.7 Å². The van der Waals surface area contributed by atoms with Crippen molar-refractivity contribution in [1.29, 1.82) is 0 Å². The van der Waals surface area contributed by atoms with Crippen molar-refractivity contribution in [3.05, 3.63) is 35.8 Å². The van der Waals surface area contributed by atoms with Gasteiger partial charge in [0.1, 0.15) is 5.82 Å². The van der Waals surface area contributed by atoms with Crippen molar-refractivity contribution in [2.45, 2.75) is 26.1 Å². The highest BCUT2D eigenvalue weighted by atomic mass is 19.1. The van der Waals surface area contributed by atoms with Crippen LogP contribution >= 0.6 is 0 Å². The lowest BCUT2D eigenvalue weighted by Crippen LogP contribution is -2.44. The quantitative estimate of drug-likeness (QED) is 0.926. The van der Waals surface area contributed by atoms with Gasteiger partial charge in [-0.05, 0) is 38.1 Å². The van der Waals surface area contributed by atoms with Crippen LogP contribution in [0.3, 0.4) is 0 Å². The third kappa shape index (κ3) is 3.22. The van der Waals surface area contributed by atoms with Crippen molar-refractivity contribution >= 4 is 11.7 Å². The second kappa shape index (κ2) is 6.43. The van der Waals surface area contributed by atoms with Crippen LogP contribution in [0.25, 0.3) is 5.69 Å². The fraction of sp³-hybridized carbons (Fsp3) is 0.400. The highest BCUT2D eigenvalue weighted by molar-refractivity contribution is 5.94. The van der Waals surface area contributed by atoms with Crippen LogP contribution in [0.4, 0.5) is 10.2 Å². The van der Waals surface area contributed by atoms with Crippen LogP contribution in [0, 0.1) is 12.7 Å². The van der Waals surface area contributed by atoms with Gasteiger partial charge >= 0.3 is 0 Å². The van der Waals surface area contributed by atoms with E-state index in [9.17, 15) is 9.18 Å². The van der Waals surface area contributed by atoms with Crippen LogP contribution in [0.2, 0.25) is 0 Å². The SMILES string of the molecule is Cc1c(NC(=O)[C@H]2OCCO[C@H]2C)nnn1-c1ccc(F)cc1. The molecule has 1 aliphatic rings. The number of carbonyl (C=O) groups is 1. The van der Waals surface area contributed by atoms with Gasteiger partial charge in [0.15, 0.2) is 11.9 Å². The summed E-state index contributed by atoms with van der Waals surface area (Å²) in [6.45, 7) is 4.40. The number of nitrogens with zero attached hydrogens (tertiary/aromatic N) is 3. The van der Waals surface area contributed by atoms with Gasteiger partial charge in [0.2, 0.25) is 0 Å². The number of benzene rings is 1. The van der Waals surface area contributed by atoms with Crippen molar-refractivity contribution in [3.63, 3.8) is 0 Å². The molecule has 3 rings (SSSR count). The standard InChI is InChI=1S/C15H17FN4O3/c1-9-14(17-15(21)13-10(2)22-7-8-23-13)18-19-20(9)12-5-3-11(16)4-6-12/h3-6,10,13H,7-8H2,1-2H3,(H,17,21)/t10-,13-/m0/s1. The molecule has 2 heterocycles. The van der Waals surface area contributed by atoms with Gasteiger partial charge in [0.05, 0.1) is 30.7 Å². The third-order valence-electron chi connectivity index (χ3n) is 3.65. The van der Waals surface area contributed by atoms with E-state index in [4.69, 9.17) is 9.47 Å². The first-order valence-electron chi connectivity index (χ1n) is 7.28. The number of rotatable bonds is 3. The van der Waals surface area contributed by atoms with E-state index < -0.39 is 6.10 Å². The summed E-state index contributed by atoms with van der Waals surface area (Å²) in [5, 5.41) is 10.7. The maximum atomic E-state index is 13.0. The zero-order chi connectivity index (χ0) is 16.4. The predicted molar refractivity (Wildman–Crippen MR) is 79.8 cm³/mol. The lowest BCUT2D eigenvalue weighted by molar-refractivity contribution is -0.157. The number of anilines is 1. The molecule has 1 fully saturated rings. The fourth-order valence-electron chi connectivity index (χ4n) is 2.38. The lowest BCUT2D eigenvalue weighted by atomic mass is 10.2. The van der Waals surface area contributed by atoms with E-state index in [0.717, 1.165) is 0 Å². The summed E-state index contributed by atoms with van der Waals surface area (Å²) in [6, 6.07) is 5.85. The molecular formula is C15H17FN4O3. The highest BCUT2D eigenvalue weighted by Gasteiger charge is 2.30. The van der Waals surface area contributed by atoms with Crippen LogP contribution < -0.4 is 5.32 Å². The molecule has 0 aliphatic carbocycles. The summed E-state index contributed by atoms with van der Waals surface area (Å²) in [5.74, 6) is -0.323. The number of carbonyl (C=O) groups excluding carboxylic acids is 1. The van der Waals surface area contributed by atoms with Crippen molar-refractivity contribution in [2.24, 2.45) is 0 Å². The minimum absolute atomic E-state index is 0.323. The Morgan fingerprint density at radius 3 is 2.70 bits per heavy atom. The molecule has 122 valence electrons. The van der Waals surface area contributed by atoms with E-state index in [1.807, 2.05) is 0 Å². The van der Waals surface area contributed by atoms with Gasteiger partial charge in [-0.25, -0.2) is 9.07 Å². The van der Waals surface area contributed by atoms with Crippen molar-refractivity contribution in [3.8, 4) is 5.69 Å². The number of nitrogens with one attached hydrogen (secondary N) is 1. The molecule has 23 heavy (non-hydrogen) atoms. The summed E-state index contributed by atoms with van der Waals surface area (Å²) >= 11 is 0. The lowest BCUT2D eigenvalue weighted by Gasteiger charge is -2.28. The van der Waals surface area contributed by atoms with E-state index in [1.165, 1.54) is 16.8 Å². The summed E-state index contributed by atoms with van der Waals surface area (Å²) in [4.78, 5) is 12.3. The van der Waals surface area contributed by atoms with E-state index >= 15 is 0 Å². The molecule has 2 aromatic rings. The smallest absolute Gasteiger partial charge is 0.257 e. The molecule has 0 saturated carbocycles. The minimum Gasteiger partial charge on any atom is -0.373 e. The fourth-order valence-corrected chi connectivity index (χ4v) is 2.38. The van der Waals surface area contributed by atoms with Gasteiger partial charge in [-0.15, -0.1) is 5.10 Å². The average Bonchev–Trinajstić information content (AvgIpc) is 2.89. The Bertz CT molecular complexity index is 701. The number of aromatic nitrogens is 3. The molecule has 0 bridgehead atoms. The first-order valence-corrected chi connectivity index (χ1v) is 7.28. The Labute approximate surface area is 132 Å². The molecule has 2 atom stereocenters. The maximum Gasteiger partial charge on any atom is 0.257 e. The zero-order valence-corrected chi connectivity index (χ0v) is 12.8. The number of amides is 1. The largest absolute Gasteiger partial charge is 0.373 e. The summed E-state index contributed by atoms with van der Waals surface area (Å²) < 4.78 is 25.4. The minimum atomic E-state index is -0.681. The van der Waals surface area contributed by atoms with E-state index in [1.54, 1.807) is 26.0 Å². The first-order chi connectivity index (χ1) is 11.1. The van der Waals surface area contributed by atoms with Crippen LogP contribution in [-0.2, 0) is 14.3 Å². The highest BCUT2D eigenvalue weighted by Crippen LogP contribution is 2.18. The normalized spacial score (nSPS) is 21.2. The monoisotopic (exact) mass is 320 g/mol. The molecular weight excluding hydrogens is 303 g/mol. The van der Waals surface area contributed by atoms with E-state index in [0.29, 0.717) is 30.4 Å². The Kier molecular flexibility index (Phi) is 4.35. The molecule has 1 saturated heterocycles.